The summed E-state index contributed by atoms with van der Waals surface area (Å²) < 4.78 is 0. The maximum absolute atomic E-state index is 6.09. The molecule has 0 aliphatic rings. The molecule has 0 saturated heterocycles. The summed E-state index contributed by atoms with van der Waals surface area (Å²) in [7, 11) is 0. The second-order valence-electron chi connectivity index (χ2n) is 3.01. The second kappa shape index (κ2) is 4.73. The molecule has 2 aromatic heterocycles. The summed E-state index contributed by atoms with van der Waals surface area (Å²) in [5.74, 6) is 0. The first-order valence-corrected chi connectivity index (χ1v) is 5.92. The number of nitrogens with zero attached hydrogens (tertiary/aromatic N) is 2. The highest BCUT2D eigenvalue weighted by atomic mass is 79.9. The Kier molecular flexibility index (Phi) is 3.34. The van der Waals surface area contributed by atoms with Gasteiger partial charge in [-0.1, -0.05) is 27.5 Å². The van der Waals surface area contributed by atoms with Gasteiger partial charge >= 0.3 is 0 Å². The lowest BCUT2D eigenvalue weighted by atomic mass is 10.0. The van der Waals surface area contributed by atoms with Gasteiger partial charge < -0.3 is 0 Å². The van der Waals surface area contributed by atoms with E-state index in [-0.39, 0.29) is 0 Å². The van der Waals surface area contributed by atoms with Crippen molar-refractivity contribution in [1.29, 1.82) is 0 Å². The minimum Gasteiger partial charge on any atom is -0.265 e. The van der Waals surface area contributed by atoms with E-state index in [0.717, 1.165) is 22.0 Å². The van der Waals surface area contributed by atoms with E-state index < -0.39 is 0 Å². The van der Waals surface area contributed by atoms with Crippen molar-refractivity contribution in [1.82, 2.24) is 9.97 Å². The molecule has 0 saturated carbocycles. The molecule has 0 amide bonds. The maximum atomic E-state index is 6.09. The van der Waals surface area contributed by atoms with Gasteiger partial charge in [0.25, 0.3) is 0 Å². The second-order valence-corrected chi connectivity index (χ2v) is 3.92. The molecule has 2 heterocycles. The van der Waals surface area contributed by atoms with Crippen LogP contribution in [0.4, 0.5) is 0 Å². The van der Waals surface area contributed by atoms with Crippen molar-refractivity contribution in [2.75, 3.05) is 0 Å². The summed E-state index contributed by atoms with van der Waals surface area (Å²) in [6.45, 7) is 0. The molecular weight excluding hydrogens is 275 g/mol. The lowest BCUT2D eigenvalue weighted by Crippen LogP contribution is -1.90. The molecule has 0 radical (unpaired) electrons. The van der Waals surface area contributed by atoms with Crippen LogP contribution in [-0.4, -0.2) is 9.97 Å². The van der Waals surface area contributed by atoms with Crippen LogP contribution in [0.1, 0.15) is 5.56 Å². The number of rotatable bonds is 2. The summed E-state index contributed by atoms with van der Waals surface area (Å²) in [6, 6.07) is 5.81. The van der Waals surface area contributed by atoms with E-state index >= 15 is 0 Å². The molecular formula is C11H8BrClN2. The minimum absolute atomic E-state index is 0.526. The van der Waals surface area contributed by atoms with E-state index in [1.807, 2.05) is 18.2 Å². The summed E-state index contributed by atoms with van der Waals surface area (Å²) in [6.07, 6.45) is 5.21. The first-order chi connectivity index (χ1) is 7.33. The Morgan fingerprint density at radius 2 is 1.87 bits per heavy atom. The number of pyridine rings is 2. The third kappa shape index (κ3) is 2.19. The van der Waals surface area contributed by atoms with Gasteiger partial charge in [-0.25, -0.2) is 4.98 Å². The number of alkyl halides is 1. The van der Waals surface area contributed by atoms with Crippen molar-refractivity contribution >= 4 is 27.5 Å². The molecule has 0 bridgehead atoms. The van der Waals surface area contributed by atoms with Crippen molar-refractivity contribution in [3.05, 3.63) is 47.5 Å². The quantitative estimate of drug-likeness (QED) is 0.620. The van der Waals surface area contributed by atoms with Gasteiger partial charge in [0.15, 0.2) is 0 Å². The minimum atomic E-state index is 0.526. The highest BCUT2D eigenvalue weighted by molar-refractivity contribution is 9.08. The van der Waals surface area contributed by atoms with Crippen molar-refractivity contribution in [3.63, 3.8) is 0 Å². The van der Waals surface area contributed by atoms with Crippen LogP contribution in [-0.2, 0) is 5.33 Å². The summed E-state index contributed by atoms with van der Waals surface area (Å²) >= 11 is 9.53. The van der Waals surface area contributed by atoms with E-state index in [4.69, 9.17) is 11.6 Å². The van der Waals surface area contributed by atoms with Crippen LogP contribution in [0, 0.1) is 0 Å². The van der Waals surface area contributed by atoms with Gasteiger partial charge in [0.1, 0.15) is 5.15 Å². The van der Waals surface area contributed by atoms with Crippen molar-refractivity contribution < 1.29 is 0 Å². The number of hydrogen-bond donors (Lipinski definition) is 0. The molecule has 0 aromatic carbocycles. The van der Waals surface area contributed by atoms with Crippen LogP contribution in [0.3, 0.4) is 0 Å². The van der Waals surface area contributed by atoms with Gasteiger partial charge in [-0.3, -0.25) is 4.98 Å². The predicted octanol–water partition coefficient (Wildman–Crippen LogP) is 3.69. The Morgan fingerprint density at radius 1 is 1.13 bits per heavy atom. The fraction of sp³-hybridized carbons (Fsp3) is 0.0909. The fourth-order valence-electron chi connectivity index (χ4n) is 1.41. The van der Waals surface area contributed by atoms with Gasteiger partial charge in [0.05, 0.1) is 0 Å². The SMILES string of the molecule is Clc1nccc(CBr)c1-c1ccncc1. The first kappa shape index (κ1) is 10.6. The Labute approximate surface area is 101 Å². The first-order valence-electron chi connectivity index (χ1n) is 4.42. The lowest BCUT2D eigenvalue weighted by molar-refractivity contribution is 1.26. The molecule has 0 N–H and O–H groups in total. The van der Waals surface area contributed by atoms with Crippen molar-refractivity contribution in [3.8, 4) is 11.1 Å². The molecule has 2 nitrogen and oxygen atoms in total. The fourth-order valence-corrected chi connectivity index (χ4v) is 2.16. The average molecular weight is 284 g/mol. The molecule has 76 valence electrons. The highest BCUT2D eigenvalue weighted by Crippen LogP contribution is 2.30. The van der Waals surface area contributed by atoms with Gasteiger partial charge in [0, 0.05) is 29.5 Å². The molecule has 15 heavy (non-hydrogen) atoms. The van der Waals surface area contributed by atoms with E-state index in [9.17, 15) is 0 Å². The van der Waals surface area contributed by atoms with Crippen LogP contribution in [0.25, 0.3) is 11.1 Å². The lowest BCUT2D eigenvalue weighted by Gasteiger charge is -2.08. The standard InChI is InChI=1S/C11H8BrClN2/c12-7-9-3-6-15-11(13)10(9)8-1-4-14-5-2-8/h1-6H,7H2. The Bertz CT molecular complexity index is 459. The van der Waals surface area contributed by atoms with E-state index in [1.165, 1.54) is 0 Å². The Morgan fingerprint density at radius 3 is 2.53 bits per heavy atom. The molecule has 0 unspecified atom stereocenters. The molecule has 0 spiro atoms. The van der Waals surface area contributed by atoms with Crippen LogP contribution in [0.5, 0.6) is 0 Å². The Balaban J connectivity index is 2.61. The van der Waals surface area contributed by atoms with Crippen LogP contribution >= 0.6 is 27.5 Å². The van der Waals surface area contributed by atoms with Crippen molar-refractivity contribution in [2.45, 2.75) is 5.33 Å². The highest BCUT2D eigenvalue weighted by Gasteiger charge is 2.09. The third-order valence-electron chi connectivity index (χ3n) is 2.10. The van der Waals surface area contributed by atoms with Gasteiger partial charge in [-0.05, 0) is 29.3 Å². The monoisotopic (exact) mass is 282 g/mol. The van der Waals surface area contributed by atoms with Gasteiger partial charge in [0.2, 0.25) is 0 Å². The predicted molar refractivity (Wildman–Crippen MR) is 65.1 cm³/mol. The van der Waals surface area contributed by atoms with Crippen LogP contribution in [0.15, 0.2) is 36.8 Å². The summed E-state index contributed by atoms with van der Waals surface area (Å²) in [5.41, 5.74) is 3.14. The topological polar surface area (TPSA) is 25.8 Å². The molecule has 4 heteroatoms. The number of aromatic nitrogens is 2. The molecule has 0 aliphatic heterocycles. The molecule has 0 atom stereocenters. The zero-order valence-corrected chi connectivity index (χ0v) is 10.2. The van der Waals surface area contributed by atoms with Crippen molar-refractivity contribution in [2.24, 2.45) is 0 Å². The maximum Gasteiger partial charge on any atom is 0.137 e. The zero-order valence-electron chi connectivity index (χ0n) is 7.82. The summed E-state index contributed by atoms with van der Waals surface area (Å²) in [4.78, 5) is 8.07. The summed E-state index contributed by atoms with van der Waals surface area (Å²) in [5, 5.41) is 1.28. The number of halogens is 2. The molecule has 0 aliphatic carbocycles. The third-order valence-corrected chi connectivity index (χ3v) is 2.99. The van der Waals surface area contributed by atoms with E-state index in [0.29, 0.717) is 5.15 Å². The average Bonchev–Trinajstić information content (AvgIpc) is 2.29. The molecule has 0 fully saturated rings. The van der Waals surface area contributed by atoms with Gasteiger partial charge in [-0.15, -0.1) is 0 Å². The van der Waals surface area contributed by atoms with Crippen LogP contribution < -0.4 is 0 Å². The molecule has 2 rings (SSSR count). The van der Waals surface area contributed by atoms with Crippen LogP contribution in [0.2, 0.25) is 5.15 Å². The zero-order chi connectivity index (χ0) is 10.7. The Hall–Kier alpha value is -0.930. The smallest absolute Gasteiger partial charge is 0.137 e. The van der Waals surface area contributed by atoms with Gasteiger partial charge in [-0.2, -0.15) is 0 Å². The van der Waals surface area contributed by atoms with E-state index in [2.05, 4.69) is 25.9 Å². The largest absolute Gasteiger partial charge is 0.265 e. The number of hydrogen-bond acceptors (Lipinski definition) is 2. The molecule has 2 aromatic rings. The van der Waals surface area contributed by atoms with E-state index in [1.54, 1.807) is 18.6 Å². The normalized spacial score (nSPS) is 10.3.